The highest BCUT2D eigenvalue weighted by Crippen LogP contribution is 2.73. The van der Waals surface area contributed by atoms with Crippen molar-refractivity contribution in [3.05, 3.63) is 17.3 Å². The van der Waals surface area contributed by atoms with Crippen LogP contribution in [-0.2, 0) is 31.3 Å². The van der Waals surface area contributed by atoms with Gasteiger partial charge in [0.15, 0.2) is 17.1 Å². The molecule has 4 rings (SSSR count). The van der Waals surface area contributed by atoms with Gasteiger partial charge < -0.3 is 34.5 Å². The highest BCUT2D eigenvalue weighted by atomic mass is 35.5. The number of aliphatic hydroxyl groups is 1. The number of aliphatic hydroxyl groups excluding tert-OH is 1. The summed E-state index contributed by atoms with van der Waals surface area (Å²) in [4.78, 5) is 30.4. The van der Waals surface area contributed by atoms with Gasteiger partial charge in [0.05, 0.1) is 12.0 Å². The van der Waals surface area contributed by atoms with Gasteiger partial charge in [-0.3, -0.25) is 9.13 Å². The van der Waals surface area contributed by atoms with E-state index in [1.165, 1.54) is 4.57 Å². The molecule has 32 heavy (non-hydrogen) atoms. The number of hydrogen-bond acceptors (Lipinski definition) is 13. The van der Waals surface area contributed by atoms with Crippen molar-refractivity contribution in [3.63, 3.8) is 0 Å². The van der Waals surface area contributed by atoms with E-state index in [0.717, 1.165) is 6.20 Å². The van der Waals surface area contributed by atoms with Crippen LogP contribution in [0, 0.1) is 18.2 Å². The SMILES string of the molecule is C#C[C@]1(COP2OP(=O)([O-])OP(=O)([O-])O2)O[C@@H](n2cc(F)c3c(N)nc(Cl)nc32)C[C@@H]1O. The first-order valence-electron chi connectivity index (χ1n) is 8.33. The molecule has 174 valence electrons. The predicted octanol–water partition coefficient (Wildman–Crippen LogP) is 0.701. The number of aromatic nitrogens is 3. The van der Waals surface area contributed by atoms with E-state index >= 15 is 0 Å². The lowest BCUT2D eigenvalue weighted by molar-refractivity contribution is -0.240. The zero-order valence-electron chi connectivity index (χ0n) is 15.4. The lowest BCUT2D eigenvalue weighted by atomic mass is 9.99. The smallest absolute Gasteiger partial charge is 0.346 e. The number of fused-ring (bicyclic) bond motifs is 1. The third kappa shape index (κ3) is 4.43. The molecule has 2 aromatic heterocycles. The molecule has 3 N–H and O–H groups in total. The van der Waals surface area contributed by atoms with Crippen molar-refractivity contribution in [1.82, 2.24) is 14.5 Å². The molecule has 0 bridgehead atoms. The van der Waals surface area contributed by atoms with Crippen LogP contribution in [-0.4, -0.2) is 38.0 Å². The van der Waals surface area contributed by atoms with Crippen molar-refractivity contribution >= 4 is 52.7 Å². The molecule has 0 saturated carbocycles. The molecule has 0 amide bonds. The van der Waals surface area contributed by atoms with Crippen LogP contribution in [0.15, 0.2) is 6.20 Å². The molecular formula is C13H11ClFN4O10P3-2. The molecule has 19 heteroatoms. The Morgan fingerprint density at radius 2 is 2.12 bits per heavy atom. The summed E-state index contributed by atoms with van der Waals surface area (Å²) in [7, 11) is -13.5. The maximum atomic E-state index is 14.4. The summed E-state index contributed by atoms with van der Waals surface area (Å²) in [5.41, 5.74) is 3.73. The largest absolute Gasteiger partial charge is 0.756 e. The fourth-order valence-corrected chi connectivity index (χ4v) is 7.37. The molecule has 0 aromatic carbocycles. The molecule has 0 spiro atoms. The Morgan fingerprint density at radius 1 is 1.47 bits per heavy atom. The van der Waals surface area contributed by atoms with Crippen molar-refractivity contribution in [2.75, 3.05) is 12.3 Å². The fraction of sp³-hybridized carbons (Fsp3) is 0.385. The number of ether oxygens (including phenoxy) is 1. The summed E-state index contributed by atoms with van der Waals surface area (Å²) in [6.45, 7) is -0.758. The molecule has 2 unspecified atom stereocenters. The van der Waals surface area contributed by atoms with Crippen LogP contribution in [0.3, 0.4) is 0 Å². The lowest BCUT2D eigenvalue weighted by Crippen LogP contribution is -2.42. The topological polar surface area (TPSA) is 203 Å². The Bertz CT molecular complexity index is 1200. The zero-order chi connectivity index (χ0) is 23.5. The van der Waals surface area contributed by atoms with Crippen LogP contribution in [0.1, 0.15) is 12.6 Å². The minimum atomic E-state index is -5.25. The summed E-state index contributed by atoms with van der Waals surface area (Å²) in [5.74, 6) is 1.17. The standard InChI is InChI=1S/C13H13ClFN4O10P3/c1-2-13(5-25-30-27-31(21,22)29-32(23,24)28-30)7(20)3-8(26-13)19-4-6(15)9-10(16)17-12(14)18-11(9)19/h1,4,7-8,20H,3,5H2,(H,21,22)(H,23,24)(H2,16,17,18)/p-2/t7-,8+,13+/m0/s1. The van der Waals surface area contributed by atoms with Crippen LogP contribution >= 0.6 is 35.8 Å². The van der Waals surface area contributed by atoms with Crippen LogP contribution in [0.5, 0.6) is 0 Å². The number of terminal acetylenes is 1. The van der Waals surface area contributed by atoms with Crippen LogP contribution in [0.2, 0.25) is 5.28 Å². The second kappa shape index (κ2) is 8.21. The van der Waals surface area contributed by atoms with E-state index in [2.05, 4.69) is 28.8 Å². The summed E-state index contributed by atoms with van der Waals surface area (Å²) >= 11 is 5.79. The van der Waals surface area contributed by atoms with Gasteiger partial charge in [-0.25, -0.2) is 22.3 Å². The number of halogens is 2. The first kappa shape index (κ1) is 23.9. The first-order chi connectivity index (χ1) is 14.8. The van der Waals surface area contributed by atoms with E-state index in [4.69, 9.17) is 33.0 Å². The molecule has 2 saturated heterocycles. The highest BCUT2D eigenvalue weighted by molar-refractivity contribution is 7.71. The quantitative estimate of drug-likeness (QED) is 0.318. The predicted molar refractivity (Wildman–Crippen MR) is 101 cm³/mol. The molecule has 14 nitrogen and oxygen atoms in total. The zero-order valence-corrected chi connectivity index (χ0v) is 18.8. The minimum absolute atomic E-state index is 0.0361. The van der Waals surface area contributed by atoms with Gasteiger partial charge in [-0.2, -0.15) is 4.98 Å². The monoisotopic (exact) mass is 530 g/mol. The lowest BCUT2D eigenvalue weighted by Gasteiger charge is -2.38. The maximum Gasteiger partial charge on any atom is 0.346 e. The minimum Gasteiger partial charge on any atom is -0.756 e. The Labute approximate surface area is 184 Å². The van der Waals surface area contributed by atoms with Gasteiger partial charge >= 0.3 is 8.60 Å². The third-order valence-electron chi connectivity index (χ3n) is 4.41. The van der Waals surface area contributed by atoms with Crippen LogP contribution in [0.4, 0.5) is 10.2 Å². The summed E-state index contributed by atoms with van der Waals surface area (Å²) in [6.07, 6.45) is 3.77. The Kier molecular flexibility index (Phi) is 6.14. The number of rotatable bonds is 4. The second-order valence-corrected chi connectivity index (χ2v) is 11.2. The Hall–Kier alpha value is -1.23. The van der Waals surface area contributed by atoms with Gasteiger partial charge in [-0.05, 0) is 11.6 Å². The van der Waals surface area contributed by atoms with Gasteiger partial charge in [0.25, 0.3) is 15.6 Å². The number of nitrogens with zero attached hydrogens (tertiary/aromatic N) is 3. The maximum absolute atomic E-state index is 14.4. The van der Waals surface area contributed by atoms with Crippen LogP contribution in [0.25, 0.3) is 11.0 Å². The molecule has 0 radical (unpaired) electrons. The Balaban J connectivity index is 1.58. The molecule has 4 heterocycles. The van der Waals surface area contributed by atoms with E-state index < -0.39 is 54.6 Å². The van der Waals surface area contributed by atoms with Crippen molar-refractivity contribution in [1.29, 1.82) is 0 Å². The van der Waals surface area contributed by atoms with E-state index in [1.807, 2.05) is 0 Å². The van der Waals surface area contributed by atoms with Gasteiger partial charge in [0.2, 0.25) is 5.28 Å². The van der Waals surface area contributed by atoms with Crippen molar-refractivity contribution < 1.29 is 50.6 Å². The van der Waals surface area contributed by atoms with Crippen molar-refractivity contribution in [3.8, 4) is 12.3 Å². The summed E-state index contributed by atoms with van der Waals surface area (Å²) in [5, 5.41) is 10.1. The van der Waals surface area contributed by atoms with Crippen molar-refractivity contribution in [2.45, 2.75) is 24.4 Å². The molecule has 2 aliphatic heterocycles. The van der Waals surface area contributed by atoms with Gasteiger partial charge in [-0.15, -0.1) is 6.42 Å². The summed E-state index contributed by atoms with van der Waals surface area (Å²) < 4.78 is 61.4. The van der Waals surface area contributed by atoms with Gasteiger partial charge in [0.1, 0.15) is 18.1 Å². The number of nitrogen functional groups attached to an aromatic ring is 1. The van der Waals surface area contributed by atoms with Gasteiger partial charge in [0, 0.05) is 12.6 Å². The van der Waals surface area contributed by atoms with E-state index in [9.17, 15) is 28.4 Å². The fourth-order valence-electron chi connectivity index (χ4n) is 3.07. The van der Waals surface area contributed by atoms with E-state index in [1.54, 1.807) is 0 Å². The van der Waals surface area contributed by atoms with E-state index in [0.29, 0.717) is 0 Å². The number of anilines is 1. The Morgan fingerprint density at radius 3 is 2.75 bits per heavy atom. The molecule has 2 aliphatic rings. The molecule has 0 aliphatic carbocycles. The number of hydrogen-bond donors (Lipinski definition) is 2. The van der Waals surface area contributed by atoms with E-state index in [-0.39, 0.29) is 28.6 Å². The highest BCUT2D eigenvalue weighted by Gasteiger charge is 2.50. The normalized spacial score (nSPS) is 37.6. The van der Waals surface area contributed by atoms with Gasteiger partial charge in [-0.1, -0.05) is 5.92 Å². The summed E-state index contributed by atoms with van der Waals surface area (Å²) in [6, 6.07) is 0. The first-order valence-corrected chi connectivity index (χ1v) is 12.7. The number of phosphoric acid groups is 2. The van der Waals surface area contributed by atoms with Crippen LogP contribution < -0.4 is 15.5 Å². The third-order valence-corrected chi connectivity index (χ3v) is 9.18. The molecule has 2 fully saturated rings. The molecular weight excluding hydrogens is 520 g/mol. The molecule has 2 aromatic rings. The molecule has 5 atom stereocenters. The van der Waals surface area contributed by atoms with Crippen molar-refractivity contribution in [2.24, 2.45) is 0 Å². The average molecular weight is 531 g/mol. The average Bonchev–Trinajstić information content (AvgIpc) is 3.15. The number of nitrogens with two attached hydrogens (primary N) is 1. The second-order valence-electron chi connectivity index (χ2n) is 6.46.